The first-order valence-electron chi connectivity index (χ1n) is 5.98. The summed E-state index contributed by atoms with van der Waals surface area (Å²) in [6, 6.07) is 4.25. The minimum absolute atomic E-state index is 0.0386. The van der Waals surface area contributed by atoms with Gasteiger partial charge in [-0.05, 0) is 30.2 Å². The van der Waals surface area contributed by atoms with Crippen LogP contribution in [0.4, 0.5) is 0 Å². The summed E-state index contributed by atoms with van der Waals surface area (Å²) >= 11 is 1.88. The summed E-state index contributed by atoms with van der Waals surface area (Å²) in [5, 5.41) is 0.610. The van der Waals surface area contributed by atoms with E-state index in [4.69, 9.17) is 10.5 Å². The minimum atomic E-state index is 0.0386. The van der Waals surface area contributed by atoms with Gasteiger partial charge in [-0.2, -0.15) is 11.8 Å². The van der Waals surface area contributed by atoms with Crippen LogP contribution in [0.15, 0.2) is 12.1 Å². The first-order valence-corrected chi connectivity index (χ1v) is 7.03. The highest BCUT2D eigenvalue weighted by atomic mass is 32.2. The van der Waals surface area contributed by atoms with Crippen LogP contribution in [0.2, 0.25) is 0 Å². The third kappa shape index (κ3) is 3.65. The summed E-state index contributed by atoms with van der Waals surface area (Å²) in [5.41, 5.74) is 9.79. The fraction of sp³-hybridized carbons (Fsp3) is 0.571. The molecule has 0 aliphatic rings. The number of methoxy groups -OCH3 is 1. The van der Waals surface area contributed by atoms with Crippen LogP contribution < -0.4 is 10.5 Å². The molecule has 0 fully saturated rings. The molecule has 0 amide bonds. The van der Waals surface area contributed by atoms with Crippen molar-refractivity contribution in [1.82, 2.24) is 0 Å². The molecule has 0 aliphatic heterocycles. The van der Waals surface area contributed by atoms with Gasteiger partial charge in [-0.25, -0.2) is 0 Å². The number of ether oxygens (including phenoxy) is 1. The van der Waals surface area contributed by atoms with E-state index in [1.54, 1.807) is 7.11 Å². The summed E-state index contributed by atoms with van der Waals surface area (Å²) in [7, 11) is 1.72. The van der Waals surface area contributed by atoms with Gasteiger partial charge in [0.05, 0.1) is 7.11 Å². The van der Waals surface area contributed by atoms with Crippen LogP contribution in [0, 0.1) is 13.8 Å². The van der Waals surface area contributed by atoms with Crippen LogP contribution in [0.1, 0.15) is 36.6 Å². The molecule has 0 aliphatic carbocycles. The molecule has 2 nitrogen and oxygen atoms in total. The summed E-state index contributed by atoms with van der Waals surface area (Å²) in [6.45, 7) is 8.56. The lowest BCUT2D eigenvalue weighted by Crippen LogP contribution is -2.16. The van der Waals surface area contributed by atoms with Gasteiger partial charge in [0.15, 0.2) is 0 Å². The fourth-order valence-electron chi connectivity index (χ4n) is 1.76. The average Bonchev–Trinajstić information content (AvgIpc) is 2.29. The van der Waals surface area contributed by atoms with Crippen LogP contribution in [0.25, 0.3) is 0 Å². The zero-order valence-corrected chi connectivity index (χ0v) is 12.2. The molecular weight excluding hydrogens is 230 g/mol. The van der Waals surface area contributed by atoms with Crippen molar-refractivity contribution >= 4 is 11.8 Å². The Labute approximate surface area is 109 Å². The Bertz CT molecular complexity index is 377. The van der Waals surface area contributed by atoms with E-state index in [-0.39, 0.29) is 6.04 Å². The second kappa shape index (κ2) is 6.31. The van der Waals surface area contributed by atoms with Crippen molar-refractivity contribution in [2.24, 2.45) is 5.73 Å². The van der Waals surface area contributed by atoms with Crippen LogP contribution in [-0.4, -0.2) is 18.1 Å². The normalized spacial score (nSPS) is 12.9. The topological polar surface area (TPSA) is 35.2 Å². The average molecular weight is 253 g/mol. The number of benzene rings is 1. The Hall–Kier alpha value is -0.670. The smallest absolute Gasteiger partial charge is 0.126 e. The summed E-state index contributed by atoms with van der Waals surface area (Å²) in [5.74, 6) is 1.87. The second-order valence-corrected chi connectivity index (χ2v) is 6.23. The monoisotopic (exact) mass is 253 g/mol. The van der Waals surface area contributed by atoms with Crippen molar-refractivity contribution in [3.63, 3.8) is 0 Å². The number of hydrogen-bond acceptors (Lipinski definition) is 3. The van der Waals surface area contributed by atoms with E-state index >= 15 is 0 Å². The van der Waals surface area contributed by atoms with E-state index in [0.717, 1.165) is 17.1 Å². The molecule has 0 saturated carbocycles. The molecule has 1 atom stereocenters. The molecule has 3 heteroatoms. The van der Waals surface area contributed by atoms with Crippen LogP contribution in [0.3, 0.4) is 0 Å². The number of rotatable bonds is 5. The Morgan fingerprint density at radius 3 is 2.47 bits per heavy atom. The second-order valence-electron chi connectivity index (χ2n) is 4.62. The molecule has 17 heavy (non-hydrogen) atoms. The molecule has 1 aromatic carbocycles. The molecule has 2 N–H and O–H groups in total. The van der Waals surface area contributed by atoms with Gasteiger partial charge in [-0.3, -0.25) is 0 Å². The SMILES string of the molecule is COc1c(C(N)CSC(C)C)ccc(C)c1C. The highest BCUT2D eigenvalue weighted by Gasteiger charge is 2.15. The predicted molar refractivity (Wildman–Crippen MR) is 77.0 cm³/mol. The van der Waals surface area contributed by atoms with Gasteiger partial charge < -0.3 is 10.5 Å². The molecule has 1 unspecified atom stereocenters. The van der Waals surface area contributed by atoms with Crippen LogP contribution in [-0.2, 0) is 0 Å². The van der Waals surface area contributed by atoms with Gasteiger partial charge in [0.2, 0.25) is 0 Å². The zero-order chi connectivity index (χ0) is 13.0. The molecule has 0 heterocycles. The Morgan fingerprint density at radius 1 is 1.29 bits per heavy atom. The maximum absolute atomic E-state index is 6.24. The number of aryl methyl sites for hydroxylation is 1. The number of nitrogens with two attached hydrogens (primary N) is 1. The molecule has 0 bridgehead atoms. The van der Waals surface area contributed by atoms with Gasteiger partial charge in [-0.15, -0.1) is 0 Å². The van der Waals surface area contributed by atoms with Gasteiger partial charge in [0, 0.05) is 17.4 Å². The lowest BCUT2D eigenvalue weighted by molar-refractivity contribution is 0.403. The van der Waals surface area contributed by atoms with Gasteiger partial charge in [0.1, 0.15) is 5.75 Å². The highest BCUT2D eigenvalue weighted by molar-refractivity contribution is 7.99. The predicted octanol–water partition coefficient (Wildman–Crippen LogP) is 3.45. The Morgan fingerprint density at radius 2 is 1.94 bits per heavy atom. The Kier molecular flexibility index (Phi) is 5.34. The molecule has 0 spiro atoms. The summed E-state index contributed by atoms with van der Waals surface area (Å²) in [4.78, 5) is 0. The zero-order valence-electron chi connectivity index (χ0n) is 11.4. The maximum Gasteiger partial charge on any atom is 0.126 e. The van der Waals surface area contributed by atoms with Gasteiger partial charge in [-0.1, -0.05) is 26.0 Å². The molecule has 0 aromatic heterocycles. The van der Waals surface area contributed by atoms with Crippen molar-refractivity contribution in [1.29, 1.82) is 0 Å². The standard InChI is InChI=1S/C14H23NOS/c1-9(2)17-8-13(15)12-7-6-10(3)11(4)14(12)16-5/h6-7,9,13H,8,15H2,1-5H3. The number of thioether (sulfide) groups is 1. The molecule has 96 valence electrons. The first kappa shape index (κ1) is 14.4. The number of hydrogen-bond donors (Lipinski definition) is 1. The summed E-state index contributed by atoms with van der Waals surface area (Å²) in [6.07, 6.45) is 0. The lowest BCUT2D eigenvalue weighted by atomic mass is 10.0. The van der Waals surface area contributed by atoms with E-state index in [1.807, 2.05) is 11.8 Å². The third-order valence-electron chi connectivity index (χ3n) is 2.92. The Balaban J connectivity index is 2.93. The largest absolute Gasteiger partial charge is 0.496 e. The molecule has 0 radical (unpaired) electrons. The van der Waals surface area contributed by atoms with E-state index < -0.39 is 0 Å². The van der Waals surface area contributed by atoms with E-state index in [9.17, 15) is 0 Å². The van der Waals surface area contributed by atoms with Crippen molar-refractivity contribution in [3.05, 3.63) is 28.8 Å². The molecule has 1 aromatic rings. The van der Waals surface area contributed by atoms with E-state index in [2.05, 4.69) is 39.8 Å². The van der Waals surface area contributed by atoms with E-state index in [1.165, 1.54) is 11.1 Å². The molecule has 1 rings (SSSR count). The van der Waals surface area contributed by atoms with Crippen LogP contribution >= 0.6 is 11.8 Å². The van der Waals surface area contributed by atoms with Crippen LogP contribution in [0.5, 0.6) is 5.75 Å². The summed E-state index contributed by atoms with van der Waals surface area (Å²) < 4.78 is 5.50. The van der Waals surface area contributed by atoms with Crippen molar-refractivity contribution in [2.75, 3.05) is 12.9 Å². The molecular formula is C14H23NOS. The quantitative estimate of drug-likeness (QED) is 0.873. The third-order valence-corrected chi connectivity index (χ3v) is 4.14. The van der Waals surface area contributed by atoms with Crippen molar-refractivity contribution in [2.45, 2.75) is 39.0 Å². The van der Waals surface area contributed by atoms with Crippen molar-refractivity contribution in [3.8, 4) is 5.75 Å². The first-order chi connectivity index (χ1) is 7.97. The fourth-order valence-corrected chi connectivity index (χ4v) is 2.53. The molecule has 0 saturated heterocycles. The van der Waals surface area contributed by atoms with Gasteiger partial charge >= 0.3 is 0 Å². The minimum Gasteiger partial charge on any atom is -0.496 e. The highest BCUT2D eigenvalue weighted by Crippen LogP contribution is 2.31. The maximum atomic E-state index is 6.24. The lowest BCUT2D eigenvalue weighted by Gasteiger charge is -2.19. The van der Waals surface area contributed by atoms with Gasteiger partial charge in [0.25, 0.3) is 0 Å². The van der Waals surface area contributed by atoms with E-state index in [0.29, 0.717) is 5.25 Å². The van der Waals surface area contributed by atoms with Crippen molar-refractivity contribution < 1.29 is 4.74 Å².